The van der Waals surface area contributed by atoms with Crippen LogP contribution < -0.4 is 5.32 Å². The number of hydrogen-bond acceptors (Lipinski definition) is 5. The number of aryl methyl sites for hydroxylation is 1. The first-order chi connectivity index (χ1) is 13.4. The fraction of sp³-hybridized carbons (Fsp3) is 0.190. The highest BCUT2D eigenvalue weighted by Crippen LogP contribution is 2.29. The molecule has 7 heteroatoms. The normalized spacial score (nSPS) is 10.4. The third-order valence-electron chi connectivity index (χ3n) is 4.37. The molecule has 7 nitrogen and oxygen atoms in total. The van der Waals surface area contributed by atoms with Crippen LogP contribution in [0.3, 0.4) is 0 Å². The van der Waals surface area contributed by atoms with E-state index in [1.165, 1.54) is 6.07 Å². The minimum Gasteiger partial charge on any atom is -0.454 e. The van der Waals surface area contributed by atoms with Crippen molar-refractivity contribution in [1.82, 2.24) is 4.57 Å². The first-order valence-electron chi connectivity index (χ1n) is 8.63. The molecule has 3 rings (SSSR count). The number of furan rings is 1. The maximum atomic E-state index is 12.4. The lowest BCUT2D eigenvalue weighted by atomic mass is 10.2. The van der Waals surface area contributed by atoms with E-state index in [0.29, 0.717) is 17.1 Å². The third kappa shape index (κ3) is 3.67. The summed E-state index contributed by atoms with van der Waals surface area (Å²) in [6, 6.07) is 14.6. The zero-order chi connectivity index (χ0) is 20.3. The van der Waals surface area contributed by atoms with Crippen molar-refractivity contribution in [3.05, 3.63) is 70.8 Å². The van der Waals surface area contributed by atoms with Crippen LogP contribution in [0.2, 0.25) is 0 Å². The first kappa shape index (κ1) is 19.0. The third-order valence-corrected chi connectivity index (χ3v) is 4.37. The van der Waals surface area contributed by atoms with Gasteiger partial charge in [0, 0.05) is 11.4 Å². The average Bonchev–Trinajstić information content (AvgIpc) is 3.22. The number of aromatic nitrogens is 1. The highest BCUT2D eigenvalue weighted by Gasteiger charge is 2.21. The number of benzene rings is 1. The van der Waals surface area contributed by atoms with Crippen LogP contribution in [0.5, 0.6) is 0 Å². The Morgan fingerprint density at radius 2 is 1.86 bits per heavy atom. The topological polar surface area (TPSA) is 97.3 Å². The molecule has 3 aromatic rings. The van der Waals surface area contributed by atoms with Crippen molar-refractivity contribution in [1.29, 1.82) is 5.26 Å². The van der Waals surface area contributed by atoms with Crippen molar-refractivity contribution in [2.45, 2.75) is 20.8 Å². The lowest BCUT2D eigenvalue weighted by Crippen LogP contribution is -2.22. The summed E-state index contributed by atoms with van der Waals surface area (Å²) in [5, 5.41) is 12.2. The van der Waals surface area contributed by atoms with Gasteiger partial charge in [0.15, 0.2) is 6.61 Å². The van der Waals surface area contributed by atoms with Gasteiger partial charge in [-0.05, 0) is 50.6 Å². The van der Waals surface area contributed by atoms with Crippen molar-refractivity contribution in [3.8, 4) is 11.8 Å². The Bertz CT molecular complexity index is 1070. The summed E-state index contributed by atoms with van der Waals surface area (Å²) in [5.74, 6) is -0.333. The fourth-order valence-electron chi connectivity index (χ4n) is 2.88. The summed E-state index contributed by atoms with van der Waals surface area (Å²) in [4.78, 5) is 24.3. The first-order valence-corrected chi connectivity index (χ1v) is 8.63. The summed E-state index contributed by atoms with van der Waals surface area (Å²) in [6.45, 7) is 4.90. The molecular weight excluding hydrogens is 358 g/mol. The van der Waals surface area contributed by atoms with Crippen LogP contribution >= 0.6 is 0 Å². The highest BCUT2D eigenvalue weighted by molar-refractivity contribution is 5.95. The Balaban J connectivity index is 1.81. The van der Waals surface area contributed by atoms with Crippen molar-refractivity contribution in [3.63, 3.8) is 0 Å². The van der Waals surface area contributed by atoms with Gasteiger partial charge < -0.3 is 14.5 Å². The number of nitrogens with one attached hydrogen (secondary N) is 1. The number of carbonyl (C=O) groups excluding carboxylic acids is 2. The second-order valence-corrected chi connectivity index (χ2v) is 6.25. The molecule has 1 amide bonds. The van der Waals surface area contributed by atoms with E-state index in [9.17, 15) is 14.9 Å². The lowest BCUT2D eigenvalue weighted by Gasteiger charge is -2.13. The molecule has 1 N–H and O–H groups in total. The molecule has 2 heterocycles. The van der Waals surface area contributed by atoms with E-state index in [-0.39, 0.29) is 5.76 Å². The number of nitriles is 1. The summed E-state index contributed by atoms with van der Waals surface area (Å²) >= 11 is 0. The van der Waals surface area contributed by atoms with Crippen LogP contribution in [0.1, 0.15) is 33.1 Å². The van der Waals surface area contributed by atoms with Gasteiger partial charge in [-0.15, -0.1) is 0 Å². The van der Waals surface area contributed by atoms with Gasteiger partial charge in [-0.3, -0.25) is 9.36 Å². The van der Waals surface area contributed by atoms with Crippen molar-refractivity contribution in [2.75, 3.05) is 11.9 Å². The molecule has 142 valence electrons. The van der Waals surface area contributed by atoms with Gasteiger partial charge in [0.25, 0.3) is 5.91 Å². The van der Waals surface area contributed by atoms with E-state index in [0.717, 1.165) is 16.9 Å². The van der Waals surface area contributed by atoms with E-state index in [2.05, 4.69) is 11.4 Å². The second kappa shape index (κ2) is 7.84. The van der Waals surface area contributed by atoms with E-state index >= 15 is 0 Å². The smallest absolute Gasteiger partial charge is 0.374 e. The Labute approximate surface area is 162 Å². The predicted molar refractivity (Wildman–Crippen MR) is 102 cm³/mol. The number of nitrogens with zero attached hydrogens (tertiary/aromatic N) is 2. The van der Waals surface area contributed by atoms with Crippen LogP contribution in [0.4, 0.5) is 5.82 Å². The molecule has 0 spiro atoms. The van der Waals surface area contributed by atoms with Crippen LogP contribution in [-0.2, 0) is 9.53 Å². The lowest BCUT2D eigenvalue weighted by molar-refractivity contribution is -0.119. The molecule has 0 radical (unpaired) electrons. The van der Waals surface area contributed by atoms with Gasteiger partial charge in [0.1, 0.15) is 17.6 Å². The van der Waals surface area contributed by atoms with Crippen molar-refractivity contribution in [2.24, 2.45) is 0 Å². The van der Waals surface area contributed by atoms with E-state index < -0.39 is 18.5 Å². The number of hydrogen-bond donors (Lipinski definition) is 1. The van der Waals surface area contributed by atoms with Crippen LogP contribution in [0.25, 0.3) is 5.69 Å². The number of rotatable bonds is 5. The summed E-state index contributed by atoms with van der Waals surface area (Å²) in [6.07, 6.45) is 0. The molecule has 0 saturated carbocycles. The number of carbonyl (C=O) groups is 2. The molecule has 0 bridgehead atoms. The van der Waals surface area contributed by atoms with Gasteiger partial charge in [-0.2, -0.15) is 5.26 Å². The zero-order valence-corrected chi connectivity index (χ0v) is 15.8. The van der Waals surface area contributed by atoms with Gasteiger partial charge in [0.2, 0.25) is 5.76 Å². The zero-order valence-electron chi connectivity index (χ0n) is 15.8. The number of ether oxygens (including phenoxy) is 1. The minimum atomic E-state index is -0.727. The summed E-state index contributed by atoms with van der Waals surface area (Å²) in [7, 11) is 0. The molecule has 0 saturated heterocycles. The van der Waals surface area contributed by atoms with Crippen molar-refractivity contribution < 1.29 is 18.7 Å². The monoisotopic (exact) mass is 377 g/mol. The quantitative estimate of drug-likeness (QED) is 0.684. The van der Waals surface area contributed by atoms with Gasteiger partial charge >= 0.3 is 5.97 Å². The maximum Gasteiger partial charge on any atom is 0.374 e. The molecule has 0 aliphatic rings. The highest BCUT2D eigenvalue weighted by atomic mass is 16.5. The Hall–Kier alpha value is -3.79. The molecular formula is C21H19N3O4. The molecule has 0 aliphatic carbocycles. The molecule has 0 fully saturated rings. The minimum absolute atomic E-state index is 0.0300. The Morgan fingerprint density at radius 3 is 2.46 bits per heavy atom. The summed E-state index contributed by atoms with van der Waals surface area (Å²) < 4.78 is 12.0. The maximum absolute atomic E-state index is 12.4. The number of esters is 1. The van der Waals surface area contributed by atoms with Crippen LogP contribution in [0.15, 0.2) is 46.9 Å². The van der Waals surface area contributed by atoms with Gasteiger partial charge in [-0.1, -0.05) is 18.2 Å². The van der Waals surface area contributed by atoms with Crippen LogP contribution in [-0.4, -0.2) is 23.1 Å². The predicted octanol–water partition coefficient (Wildman–Crippen LogP) is 3.66. The van der Waals surface area contributed by atoms with E-state index in [1.807, 2.05) is 44.2 Å². The Kier molecular flexibility index (Phi) is 5.32. The van der Waals surface area contributed by atoms with Gasteiger partial charge in [-0.25, -0.2) is 4.79 Å². The van der Waals surface area contributed by atoms with E-state index in [1.54, 1.807) is 17.6 Å². The number of para-hydroxylation sites is 1. The molecule has 0 atom stereocenters. The van der Waals surface area contributed by atoms with Crippen LogP contribution in [0, 0.1) is 32.1 Å². The number of amides is 1. The molecule has 2 aromatic heterocycles. The second-order valence-electron chi connectivity index (χ2n) is 6.25. The molecule has 28 heavy (non-hydrogen) atoms. The molecule has 0 aliphatic heterocycles. The summed E-state index contributed by atoms with van der Waals surface area (Å²) in [5.41, 5.74) is 2.77. The average molecular weight is 377 g/mol. The number of anilines is 1. The molecule has 0 unspecified atom stereocenters. The molecule has 1 aromatic carbocycles. The van der Waals surface area contributed by atoms with Gasteiger partial charge in [0.05, 0.1) is 5.56 Å². The van der Waals surface area contributed by atoms with E-state index in [4.69, 9.17) is 9.15 Å². The largest absolute Gasteiger partial charge is 0.454 e. The fourth-order valence-corrected chi connectivity index (χ4v) is 2.88. The standard InChI is InChI=1S/C21H19N3O4/c1-13-9-10-18(28-13)21(26)27-12-19(25)23-20-17(11-22)14(2)15(3)24(20)16-7-5-4-6-8-16/h4-10H,12H2,1-3H3,(H,23,25). The SMILES string of the molecule is Cc1ccc(C(=O)OCC(=O)Nc2c(C#N)c(C)c(C)n2-c2ccccc2)o1. The Morgan fingerprint density at radius 1 is 1.14 bits per heavy atom. The van der Waals surface area contributed by atoms with Crippen molar-refractivity contribution >= 4 is 17.7 Å².